The van der Waals surface area contributed by atoms with Gasteiger partial charge in [-0.2, -0.15) is 0 Å². The highest BCUT2D eigenvalue weighted by atomic mass is 32.2. The van der Waals surface area contributed by atoms with E-state index in [1.807, 2.05) is 23.1 Å². The van der Waals surface area contributed by atoms with Gasteiger partial charge in [0.1, 0.15) is 17.2 Å². The first-order valence-electron chi connectivity index (χ1n) is 11.1. The minimum atomic E-state index is -3.30. The van der Waals surface area contributed by atoms with Crippen molar-refractivity contribution in [1.82, 2.24) is 19.9 Å². The Hall–Kier alpha value is -2.94. The van der Waals surface area contributed by atoms with Gasteiger partial charge in [-0.1, -0.05) is 12.1 Å². The molecule has 1 atom stereocenters. The number of imidazole rings is 1. The standard InChI is InChI=1S/C23H27N5O3S/c1-32(30,31)18-8-4-6-16(14-18)21-24-19-9-10-20(25-22(19)26-21)28-13-5-7-17(15-28)23(29)27-11-2-3-12-27/h4,6,8-10,14,17H,2-3,5,7,11-13,15H2,1H3,(H,24,25,26). The molecule has 0 spiro atoms. The van der Waals surface area contributed by atoms with Crippen molar-refractivity contribution >= 4 is 32.7 Å². The Labute approximate surface area is 187 Å². The molecule has 8 nitrogen and oxygen atoms in total. The number of hydrogen-bond donors (Lipinski definition) is 1. The smallest absolute Gasteiger partial charge is 0.227 e. The number of likely N-dealkylation sites (tertiary alicyclic amines) is 1. The van der Waals surface area contributed by atoms with Crippen LogP contribution in [0.25, 0.3) is 22.6 Å². The highest BCUT2D eigenvalue weighted by Crippen LogP contribution is 2.27. The second-order valence-electron chi connectivity index (χ2n) is 8.74. The quantitative estimate of drug-likeness (QED) is 0.652. The minimum absolute atomic E-state index is 0.0235. The van der Waals surface area contributed by atoms with Gasteiger partial charge in [0.25, 0.3) is 0 Å². The fourth-order valence-electron chi connectivity index (χ4n) is 4.65. The molecule has 4 heterocycles. The van der Waals surface area contributed by atoms with Gasteiger partial charge in [0.2, 0.25) is 5.91 Å². The maximum atomic E-state index is 12.9. The summed E-state index contributed by atoms with van der Waals surface area (Å²) in [6.45, 7) is 3.33. The lowest BCUT2D eigenvalue weighted by Crippen LogP contribution is -2.44. The number of carbonyl (C=O) groups excluding carboxylic acids is 1. The van der Waals surface area contributed by atoms with Crippen molar-refractivity contribution in [1.29, 1.82) is 0 Å². The van der Waals surface area contributed by atoms with Crippen molar-refractivity contribution in [2.75, 3.05) is 37.3 Å². The molecule has 0 radical (unpaired) electrons. The third kappa shape index (κ3) is 4.09. The van der Waals surface area contributed by atoms with Crippen LogP contribution in [0.4, 0.5) is 5.82 Å². The summed E-state index contributed by atoms with van der Waals surface area (Å²) in [5.74, 6) is 1.71. The van der Waals surface area contributed by atoms with E-state index >= 15 is 0 Å². The Morgan fingerprint density at radius 2 is 1.88 bits per heavy atom. The molecule has 2 saturated heterocycles. The van der Waals surface area contributed by atoms with Gasteiger partial charge in [0, 0.05) is 38.0 Å². The van der Waals surface area contributed by atoms with Crippen molar-refractivity contribution in [3.8, 4) is 11.4 Å². The van der Waals surface area contributed by atoms with Crippen LogP contribution in [0.5, 0.6) is 0 Å². The molecule has 2 fully saturated rings. The number of aromatic amines is 1. The molecule has 2 aromatic heterocycles. The summed E-state index contributed by atoms with van der Waals surface area (Å²) < 4.78 is 23.8. The molecule has 1 N–H and O–H groups in total. The van der Waals surface area contributed by atoms with Crippen LogP contribution >= 0.6 is 0 Å². The van der Waals surface area contributed by atoms with E-state index < -0.39 is 9.84 Å². The summed E-state index contributed by atoms with van der Waals surface area (Å²) in [5.41, 5.74) is 2.06. The zero-order chi connectivity index (χ0) is 22.3. The second-order valence-corrected chi connectivity index (χ2v) is 10.8. The Morgan fingerprint density at radius 3 is 2.66 bits per heavy atom. The average molecular weight is 454 g/mol. The molecular formula is C23H27N5O3S. The van der Waals surface area contributed by atoms with Crippen LogP contribution in [0.3, 0.4) is 0 Å². The number of pyridine rings is 1. The zero-order valence-corrected chi connectivity index (χ0v) is 18.9. The molecule has 2 aliphatic heterocycles. The first-order valence-corrected chi connectivity index (χ1v) is 13.0. The Kier molecular flexibility index (Phi) is 5.36. The molecule has 1 unspecified atom stereocenters. The Bertz CT molecular complexity index is 1260. The van der Waals surface area contributed by atoms with E-state index in [1.165, 1.54) is 6.26 Å². The maximum Gasteiger partial charge on any atom is 0.227 e. The Morgan fingerprint density at radius 1 is 1.06 bits per heavy atom. The monoisotopic (exact) mass is 453 g/mol. The number of H-pyrrole nitrogens is 1. The molecule has 9 heteroatoms. The summed E-state index contributed by atoms with van der Waals surface area (Å²) in [6, 6.07) is 10.6. The van der Waals surface area contributed by atoms with Crippen LogP contribution in [0.1, 0.15) is 25.7 Å². The number of anilines is 1. The molecular weight excluding hydrogens is 426 g/mol. The fourth-order valence-corrected chi connectivity index (χ4v) is 5.32. The van der Waals surface area contributed by atoms with Gasteiger partial charge < -0.3 is 14.8 Å². The van der Waals surface area contributed by atoms with Crippen molar-refractivity contribution in [3.05, 3.63) is 36.4 Å². The molecule has 1 aromatic carbocycles. The van der Waals surface area contributed by atoms with E-state index in [0.29, 0.717) is 23.6 Å². The summed E-state index contributed by atoms with van der Waals surface area (Å²) in [7, 11) is -3.30. The summed E-state index contributed by atoms with van der Waals surface area (Å²) >= 11 is 0. The fraction of sp³-hybridized carbons (Fsp3) is 0.435. The van der Waals surface area contributed by atoms with Gasteiger partial charge in [-0.15, -0.1) is 0 Å². The predicted octanol–water partition coefficient (Wildman–Crippen LogP) is 2.87. The van der Waals surface area contributed by atoms with Gasteiger partial charge >= 0.3 is 0 Å². The summed E-state index contributed by atoms with van der Waals surface area (Å²) in [6.07, 6.45) is 5.31. The topological polar surface area (TPSA) is 99.3 Å². The second kappa shape index (κ2) is 8.20. The van der Waals surface area contributed by atoms with Crippen LogP contribution in [0.2, 0.25) is 0 Å². The van der Waals surface area contributed by atoms with Crippen molar-refractivity contribution in [3.63, 3.8) is 0 Å². The minimum Gasteiger partial charge on any atom is -0.356 e. The molecule has 5 rings (SSSR count). The SMILES string of the molecule is CS(=O)(=O)c1cccc(-c2nc3ccc(N4CCCC(C(=O)N5CCCC5)C4)nc3[nH]2)c1. The van der Waals surface area contributed by atoms with Crippen LogP contribution in [-0.4, -0.2) is 66.6 Å². The van der Waals surface area contributed by atoms with Crippen LogP contribution in [-0.2, 0) is 14.6 Å². The first-order chi connectivity index (χ1) is 15.4. The lowest BCUT2D eigenvalue weighted by Gasteiger charge is -2.34. The molecule has 32 heavy (non-hydrogen) atoms. The number of nitrogens with one attached hydrogen (secondary N) is 1. The van der Waals surface area contributed by atoms with Gasteiger partial charge in [0.15, 0.2) is 15.5 Å². The third-order valence-electron chi connectivity index (χ3n) is 6.38. The number of sulfone groups is 1. The molecule has 0 bridgehead atoms. The van der Waals surface area contributed by atoms with E-state index in [2.05, 4.69) is 14.9 Å². The molecule has 0 saturated carbocycles. The van der Waals surface area contributed by atoms with Crippen molar-refractivity contribution in [2.45, 2.75) is 30.6 Å². The average Bonchev–Trinajstić information content (AvgIpc) is 3.48. The van der Waals surface area contributed by atoms with Crippen LogP contribution in [0.15, 0.2) is 41.3 Å². The Balaban J connectivity index is 1.39. The third-order valence-corrected chi connectivity index (χ3v) is 7.49. The number of piperidine rings is 1. The molecule has 3 aromatic rings. The van der Waals surface area contributed by atoms with Gasteiger partial charge in [-0.3, -0.25) is 4.79 Å². The van der Waals surface area contributed by atoms with Gasteiger partial charge in [-0.05, 0) is 49.9 Å². The number of carbonyl (C=O) groups is 1. The maximum absolute atomic E-state index is 12.9. The van der Waals surface area contributed by atoms with E-state index in [-0.39, 0.29) is 16.7 Å². The van der Waals surface area contributed by atoms with Crippen molar-refractivity contribution < 1.29 is 13.2 Å². The number of nitrogens with zero attached hydrogens (tertiary/aromatic N) is 4. The summed E-state index contributed by atoms with van der Waals surface area (Å²) in [4.78, 5) is 29.9. The molecule has 1 amide bonds. The largest absolute Gasteiger partial charge is 0.356 e. The number of benzene rings is 1. The van der Waals surface area contributed by atoms with E-state index in [9.17, 15) is 13.2 Å². The number of hydrogen-bond acceptors (Lipinski definition) is 6. The lowest BCUT2D eigenvalue weighted by molar-refractivity contribution is -0.134. The zero-order valence-electron chi connectivity index (χ0n) is 18.1. The number of aromatic nitrogens is 3. The number of amides is 1. The van der Waals surface area contributed by atoms with E-state index in [1.54, 1.807) is 18.2 Å². The highest BCUT2D eigenvalue weighted by Gasteiger charge is 2.31. The first kappa shape index (κ1) is 20.9. The van der Waals surface area contributed by atoms with E-state index in [4.69, 9.17) is 4.98 Å². The van der Waals surface area contributed by atoms with Gasteiger partial charge in [-0.25, -0.2) is 18.4 Å². The number of fused-ring (bicyclic) bond motifs is 1. The van der Waals surface area contributed by atoms with Crippen LogP contribution in [0, 0.1) is 5.92 Å². The summed E-state index contributed by atoms with van der Waals surface area (Å²) in [5, 5.41) is 0. The highest BCUT2D eigenvalue weighted by molar-refractivity contribution is 7.90. The van der Waals surface area contributed by atoms with Crippen molar-refractivity contribution in [2.24, 2.45) is 5.92 Å². The van der Waals surface area contributed by atoms with E-state index in [0.717, 1.165) is 56.7 Å². The molecule has 2 aliphatic rings. The van der Waals surface area contributed by atoms with Crippen LogP contribution < -0.4 is 4.90 Å². The molecule has 0 aliphatic carbocycles. The number of rotatable bonds is 4. The molecule has 168 valence electrons. The predicted molar refractivity (Wildman–Crippen MR) is 123 cm³/mol. The van der Waals surface area contributed by atoms with Gasteiger partial charge in [0.05, 0.1) is 10.8 Å². The lowest BCUT2D eigenvalue weighted by atomic mass is 9.96. The normalized spacial score (nSPS) is 19.6.